The van der Waals surface area contributed by atoms with Crippen LogP contribution in [-0.2, 0) is 6.42 Å². The Morgan fingerprint density at radius 3 is 2.24 bits per heavy atom. The van der Waals surface area contributed by atoms with Gasteiger partial charge in [-0.25, -0.2) is 0 Å². The molecule has 0 saturated carbocycles. The van der Waals surface area contributed by atoms with Gasteiger partial charge >= 0.3 is 0 Å². The molecule has 4 nitrogen and oxygen atoms in total. The lowest BCUT2D eigenvalue weighted by molar-refractivity contribution is 0.102. The Balaban J connectivity index is 0.00000156. The molecule has 136 valence electrons. The maximum Gasteiger partial charge on any atom is 0.255 e. The third-order valence-electron chi connectivity index (χ3n) is 4.17. The largest absolute Gasteiger partial charge is 0.322 e. The molecule has 1 aliphatic rings. The Hall–Kier alpha value is -1.59. The molecule has 6 heteroatoms. The van der Waals surface area contributed by atoms with E-state index in [1.165, 1.54) is 5.56 Å². The van der Waals surface area contributed by atoms with E-state index in [2.05, 4.69) is 27.7 Å². The van der Waals surface area contributed by atoms with Gasteiger partial charge in [-0.1, -0.05) is 30.3 Å². The number of benzene rings is 2. The Bertz CT molecular complexity index is 629. The summed E-state index contributed by atoms with van der Waals surface area (Å²) in [6.07, 6.45) is 1.05. The van der Waals surface area contributed by atoms with Crippen molar-refractivity contribution >= 4 is 36.4 Å². The molecular formula is C19H25Cl2N3O. The summed E-state index contributed by atoms with van der Waals surface area (Å²) >= 11 is 0. The van der Waals surface area contributed by atoms with Gasteiger partial charge in [-0.3, -0.25) is 4.79 Å². The molecule has 3 rings (SSSR count). The van der Waals surface area contributed by atoms with Crippen molar-refractivity contribution in [3.8, 4) is 0 Å². The third-order valence-corrected chi connectivity index (χ3v) is 4.17. The van der Waals surface area contributed by atoms with Crippen molar-refractivity contribution in [2.75, 3.05) is 38.0 Å². The van der Waals surface area contributed by atoms with E-state index >= 15 is 0 Å². The van der Waals surface area contributed by atoms with Gasteiger partial charge in [0, 0.05) is 44.0 Å². The van der Waals surface area contributed by atoms with Gasteiger partial charge in [0.15, 0.2) is 0 Å². The van der Waals surface area contributed by atoms with Crippen molar-refractivity contribution in [3.05, 3.63) is 65.7 Å². The Morgan fingerprint density at radius 1 is 0.960 bits per heavy atom. The minimum Gasteiger partial charge on any atom is -0.322 e. The third kappa shape index (κ3) is 6.67. The maximum absolute atomic E-state index is 12.1. The molecule has 0 atom stereocenters. The van der Waals surface area contributed by atoms with E-state index in [1.807, 2.05) is 42.5 Å². The van der Waals surface area contributed by atoms with Gasteiger partial charge in [0.1, 0.15) is 0 Å². The Labute approximate surface area is 161 Å². The van der Waals surface area contributed by atoms with Gasteiger partial charge in [-0.15, -0.1) is 24.8 Å². The number of piperazine rings is 1. The van der Waals surface area contributed by atoms with E-state index in [0.717, 1.165) is 44.8 Å². The molecule has 1 heterocycles. The normalized spacial score (nSPS) is 14.1. The lowest BCUT2D eigenvalue weighted by Crippen LogP contribution is -2.44. The highest BCUT2D eigenvalue weighted by molar-refractivity contribution is 6.04. The van der Waals surface area contributed by atoms with E-state index in [0.29, 0.717) is 5.56 Å². The van der Waals surface area contributed by atoms with Gasteiger partial charge in [-0.05, 0) is 36.2 Å². The first-order valence-electron chi connectivity index (χ1n) is 8.20. The average Bonchev–Trinajstić information content (AvgIpc) is 2.63. The van der Waals surface area contributed by atoms with Gasteiger partial charge < -0.3 is 15.5 Å². The van der Waals surface area contributed by atoms with Crippen LogP contribution in [0.25, 0.3) is 0 Å². The van der Waals surface area contributed by atoms with Crippen molar-refractivity contribution in [1.82, 2.24) is 10.2 Å². The molecule has 2 aromatic carbocycles. The summed E-state index contributed by atoms with van der Waals surface area (Å²) in [7, 11) is 0. The standard InChI is InChI=1S/C19H23N3O.2ClH/c23-19(17-4-2-1-3-5-17)21-18-8-6-16(7-9-18)10-13-22-14-11-20-12-15-22;;/h1-9,20H,10-15H2,(H,21,23);2*1H. The lowest BCUT2D eigenvalue weighted by Gasteiger charge is -2.27. The molecule has 0 bridgehead atoms. The monoisotopic (exact) mass is 381 g/mol. The second-order valence-corrected chi connectivity index (χ2v) is 5.86. The number of amides is 1. The molecule has 2 aromatic rings. The fraction of sp³-hybridized carbons (Fsp3) is 0.316. The Kier molecular flexibility index (Phi) is 9.53. The van der Waals surface area contributed by atoms with Crippen LogP contribution in [0.5, 0.6) is 0 Å². The number of hydrogen-bond donors (Lipinski definition) is 2. The summed E-state index contributed by atoms with van der Waals surface area (Å²) in [6, 6.07) is 17.4. The highest BCUT2D eigenvalue weighted by Gasteiger charge is 2.09. The van der Waals surface area contributed by atoms with Crippen molar-refractivity contribution in [3.63, 3.8) is 0 Å². The molecule has 2 N–H and O–H groups in total. The number of carbonyl (C=O) groups excluding carboxylic acids is 1. The summed E-state index contributed by atoms with van der Waals surface area (Å²) in [5, 5.41) is 6.30. The topological polar surface area (TPSA) is 44.4 Å². The lowest BCUT2D eigenvalue weighted by atomic mass is 10.1. The first-order valence-corrected chi connectivity index (χ1v) is 8.20. The van der Waals surface area contributed by atoms with E-state index in [9.17, 15) is 4.79 Å². The number of hydrogen-bond acceptors (Lipinski definition) is 3. The van der Waals surface area contributed by atoms with Crippen LogP contribution in [0.15, 0.2) is 54.6 Å². The van der Waals surface area contributed by atoms with Gasteiger partial charge in [0.25, 0.3) is 5.91 Å². The average molecular weight is 382 g/mol. The smallest absolute Gasteiger partial charge is 0.255 e. The molecule has 1 amide bonds. The van der Waals surface area contributed by atoms with Crippen LogP contribution in [0.2, 0.25) is 0 Å². The highest BCUT2D eigenvalue weighted by atomic mass is 35.5. The molecule has 1 fully saturated rings. The zero-order valence-corrected chi connectivity index (χ0v) is 15.7. The van der Waals surface area contributed by atoms with E-state index < -0.39 is 0 Å². The van der Waals surface area contributed by atoms with Crippen LogP contribution in [0.3, 0.4) is 0 Å². The number of carbonyl (C=O) groups is 1. The van der Waals surface area contributed by atoms with Crippen LogP contribution >= 0.6 is 24.8 Å². The zero-order chi connectivity index (χ0) is 15.9. The first kappa shape index (κ1) is 21.5. The summed E-state index contributed by atoms with van der Waals surface area (Å²) < 4.78 is 0. The quantitative estimate of drug-likeness (QED) is 0.835. The van der Waals surface area contributed by atoms with E-state index in [-0.39, 0.29) is 30.7 Å². The van der Waals surface area contributed by atoms with Crippen LogP contribution in [0, 0.1) is 0 Å². The van der Waals surface area contributed by atoms with Crippen LogP contribution in [-0.4, -0.2) is 43.5 Å². The molecule has 0 aromatic heterocycles. The van der Waals surface area contributed by atoms with E-state index in [1.54, 1.807) is 0 Å². The molecule has 0 unspecified atom stereocenters. The second kappa shape index (κ2) is 11.1. The maximum atomic E-state index is 12.1. The predicted octanol–water partition coefficient (Wildman–Crippen LogP) is 3.23. The minimum atomic E-state index is -0.0702. The molecule has 1 saturated heterocycles. The fourth-order valence-corrected chi connectivity index (χ4v) is 2.77. The summed E-state index contributed by atoms with van der Waals surface area (Å²) in [5.74, 6) is -0.0702. The van der Waals surface area contributed by atoms with Gasteiger partial charge in [0.2, 0.25) is 0 Å². The number of rotatable bonds is 5. The zero-order valence-electron chi connectivity index (χ0n) is 14.1. The van der Waals surface area contributed by atoms with Crippen LogP contribution in [0.1, 0.15) is 15.9 Å². The van der Waals surface area contributed by atoms with E-state index in [4.69, 9.17) is 0 Å². The molecule has 25 heavy (non-hydrogen) atoms. The highest BCUT2D eigenvalue weighted by Crippen LogP contribution is 2.12. The number of nitrogens with one attached hydrogen (secondary N) is 2. The minimum absolute atomic E-state index is 0. The fourth-order valence-electron chi connectivity index (χ4n) is 2.77. The van der Waals surface area contributed by atoms with Gasteiger partial charge in [-0.2, -0.15) is 0 Å². The summed E-state index contributed by atoms with van der Waals surface area (Å²) in [6.45, 7) is 5.53. The molecule has 1 aliphatic heterocycles. The van der Waals surface area contributed by atoms with Crippen LogP contribution < -0.4 is 10.6 Å². The molecule has 0 radical (unpaired) electrons. The molecular weight excluding hydrogens is 357 g/mol. The van der Waals surface area contributed by atoms with Crippen molar-refractivity contribution < 1.29 is 4.79 Å². The van der Waals surface area contributed by atoms with Crippen LogP contribution in [0.4, 0.5) is 5.69 Å². The summed E-state index contributed by atoms with van der Waals surface area (Å²) in [4.78, 5) is 14.6. The second-order valence-electron chi connectivity index (χ2n) is 5.86. The number of nitrogens with zero attached hydrogens (tertiary/aromatic N) is 1. The first-order chi connectivity index (χ1) is 11.3. The predicted molar refractivity (Wildman–Crippen MR) is 108 cm³/mol. The van der Waals surface area contributed by atoms with Crippen molar-refractivity contribution in [2.24, 2.45) is 0 Å². The molecule has 0 spiro atoms. The Morgan fingerprint density at radius 2 is 1.60 bits per heavy atom. The van der Waals surface area contributed by atoms with Gasteiger partial charge in [0.05, 0.1) is 0 Å². The summed E-state index contributed by atoms with van der Waals surface area (Å²) in [5.41, 5.74) is 2.82. The number of halogens is 2. The van der Waals surface area contributed by atoms with Crippen molar-refractivity contribution in [1.29, 1.82) is 0 Å². The molecule has 0 aliphatic carbocycles. The van der Waals surface area contributed by atoms with Crippen molar-refractivity contribution in [2.45, 2.75) is 6.42 Å². The SMILES string of the molecule is Cl.Cl.O=C(Nc1ccc(CCN2CCNCC2)cc1)c1ccccc1. The number of anilines is 1.